The topological polar surface area (TPSA) is 308 Å². The summed E-state index contributed by atoms with van der Waals surface area (Å²) < 4.78 is 0. The Hall–Kier alpha value is -7.84. The van der Waals surface area contributed by atoms with Crippen LogP contribution in [0.5, 0.6) is 11.5 Å². The summed E-state index contributed by atoms with van der Waals surface area (Å²) in [6.45, 7) is 0.837. The van der Waals surface area contributed by atoms with E-state index < -0.39 is 95.6 Å². The van der Waals surface area contributed by atoms with Gasteiger partial charge in [-0.1, -0.05) is 84.9 Å². The van der Waals surface area contributed by atoms with Gasteiger partial charge in [0, 0.05) is 39.0 Å². The molecule has 0 unspecified atom stereocenters. The Morgan fingerprint density at radius 2 is 0.859 bits per heavy atom. The second kappa shape index (κ2) is 28.5. The molecule has 0 radical (unpaired) electrons. The van der Waals surface area contributed by atoms with Crippen molar-refractivity contribution >= 4 is 47.3 Å². The van der Waals surface area contributed by atoms with Gasteiger partial charge in [-0.05, 0) is 124 Å². The van der Waals surface area contributed by atoms with Gasteiger partial charge in [-0.3, -0.25) is 38.4 Å². The van der Waals surface area contributed by atoms with Gasteiger partial charge >= 0.3 is 0 Å². The number of phenolic OH excluding ortho intramolecular Hbond substituents is 2. The van der Waals surface area contributed by atoms with E-state index in [1.807, 2.05) is 60.7 Å². The first-order valence-corrected chi connectivity index (χ1v) is 27.2. The smallest absolute Gasteiger partial charge is 0.246 e. The molecule has 20 nitrogen and oxygen atoms in total. The normalized spacial score (nSPS) is 23.4. The second-order valence-corrected chi connectivity index (χ2v) is 20.5. The minimum atomic E-state index is -1.16. The number of nitrogens with one attached hydrogen (secondary N) is 6. The molecule has 0 aliphatic carbocycles. The molecular weight excluding hydrogens is 997 g/mol. The van der Waals surface area contributed by atoms with Gasteiger partial charge in [0.1, 0.15) is 47.8 Å². The maximum absolute atomic E-state index is 14.7. The van der Waals surface area contributed by atoms with Crippen LogP contribution in [-0.2, 0) is 64.0 Å². The highest BCUT2D eigenvalue weighted by Crippen LogP contribution is 2.23. The number of carbonyl (C=O) groups is 8. The molecule has 3 saturated heterocycles. The van der Waals surface area contributed by atoms with Crippen LogP contribution in [0.25, 0.3) is 0 Å². The summed E-state index contributed by atoms with van der Waals surface area (Å²) >= 11 is 0. The van der Waals surface area contributed by atoms with E-state index in [1.165, 1.54) is 34.1 Å². The highest BCUT2D eigenvalue weighted by molar-refractivity contribution is 5.96. The molecule has 8 atom stereocenters. The number of amides is 8. The van der Waals surface area contributed by atoms with Crippen molar-refractivity contribution in [2.45, 2.75) is 138 Å². The van der Waals surface area contributed by atoms with Gasteiger partial charge in [-0.15, -0.1) is 0 Å². The van der Waals surface area contributed by atoms with Crippen molar-refractivity contribution in [3.05, 3.63) is 131 Å². The van der Waals surface area contributed by atoms with Gasteiger partial charge in [0.25, 0.3) is 0 Å². The van der Waals surface area contributed by atoms with Gasteiger partial charge in [0.05, 0.1) is 12.1 Å². The van der Waals surface area contributed by atoms with Crippen LogP contribution in [-0.4, -0.2) is 142 Å². The summed E-state index contributed by atoms with van der Waals surface area (Å²) in [4.78, 5) is 117. The number of rotatable bonds is 12. The van der Waals surface area contributed by atoms with Crippen molar-refractivity contribution in [2.24, 2.45) is 11.5 Å². The van der Waals surface area contributed by atoms with E-state index in [-0.39, 0.29) is 76.2 Å². The average molecular weight is 1070 g/mol. The molecule has 0 spiro atoms. The summed E-state index contributed by atoms with van der Waals surface area (Å²) in [5, 5.41) is 36.9. The Morgan fingerprint density at radius 1 is 0.487 bits per heavy atom. The second-order valence-electron chi connectivity index (χ2n) is 20.5. The fourth-order valence-corrected chi connectivity index (χ4v) is 10.3. The van der Waals surface area contributed by atoms with Crippen LogP contribution in [0.4, 0.5) is 0 Å². The zero-order valence-corrected chi connectivity index (χ0v) is 43.9. The molecule has 416 valence electrons. The van der Waals surface area contributed by atoms with Crippen molar-refractivity contribution in [1.82, 2.24) is 41.7 Å². The largest absolute Gasteiger partial charge is 0.508 e. The first kappa shape index (κ1) is 57.9. The van der Waals surface area contributed by atoms with Gasteiger partial charge in [0.15, 0.2) is 0 Å². The van der Waals surface area contributed by atoms with Crippen LogP contribution in [0.15, 0.2) is 109 Å². The Bertz CT molecular complexity index is 2500. The Labute approximate surface area is 454 Å². The van der Waals surface area contributed by atoms with E-state index >= 15 is 0 Å². The summed E-state index contributed by atoms with van der Waals surface area (Å²) in [5.41, 5.74) is 15.6. The van der Waals surface area contributed by atoms with Crippen LogP contribution in [0.3, 0.4) is 0 Å². The van der Waals surface area contributed by atoms with Gasteiger partial charge in [-0.25, -0.2) is 0 Å². The summed E-state index contributed by atoms with van der Waals surface area (Å²) in [5.74, 6) is -4.11. The van der Waals surface area contributed by atoms with Crippen LogP contribution in [0, 0.1) is 0 Å². The standard InChI is InChI=1S/C58H74N10O10/c59-43(33-39-21-25-41(69)26-22-39)51(71)63-45-17-7-9-30-62-56(76)50-20-12-32-68(50)58(78)48(36-38-15-5-2-6-16-38)66-54(74)46(64-52(72)44(60)34-40-23-27-42(70)28-24-40)18-8-10-29-61-55(75)49-19-11-31-67(49)57(77)47(65-53(45)73)35-37-13-3-1-4-14-37/h1-6,13-16,21-28,43-50,69-70H,7-12,17-20,29-36,59-60H2,(H,61,75)(H,62,76)(H,63,71)(H,64,72)(H,65,73)(H,66,74)/t43-,44-,45+,46+,47-,48-,49-,50-/m0/s1. The first-order chi connectivity index (χ1) is 37.6. The number of hydrogen-bond donors (Lipinski definition) is 10. The number of nitrogens with two attached hydrogens (primary N) is 2. The molecule has 12 N–H and O–H groups in total. The van der Waals surface area contributed by atoms with Crippen LogP contribution in [0.2, 0.25) is 0 Å². The molecule has 4 aromatic rings. The highest BCUT2D eigenvalue weighted by Gasteiger charge is 2.40. The van der Waals surface area contributed by atoms with Crippen LogP contribution < -0.4 is 43.4 Å². The zero-order chi connectivity index (χ0) is 55.6. The molecular formula is C58H74N10O10. The monoisotopic (exact) mass is 1070 g/mol. The lowest BCUT2D eigenvalue weighted by atomic mass is 10.0. The van der Waals surface area contributed by atoms with Gasteiger partial charge in [0.2, 0.25) is 47.3 Å². The maximum Gasteiger partial charge on any atom is 0.246 e. The molecule has 0 bridgehead atoms. The minimum absolute atomic E-state index is 0.0532. The summed E-state index contributed by atoms with van der Waals surface area (Å²) in [6, 6.07) is 22.3. The van der Waals surface area contributed by atoms with Crippen LogP contribution >= 0.6 is 0 Å². The van der Waals surface area contributed by atoms with Crippen molar-refractivity contribution < 1.29 is 48.6 Å². The molecule has 7 rings (SSSR count). The number of benzene rings is 4. The fourth-order valence-electron chi connectivity index (χ4n) is 10.3. The average Bonchev–Trinajstić information content (AvgIpc) is 4.17. The first-order valence-electron chi connectivity index (χ1n) is 27.2. The molecule has 3 aliphatic heterocycles. The molecule has 3 aliphatic rings. The molecule has 0 saturated carbocycles. The Balaban J connectivity index is 1.13. The molecule has 3 heterocycles. The molecule has 8 amide bonds. The molecule has 4 aromatic carbocycles. The third kappa shape index (κ3) is 16.6. The minimum Gasteiger partial charge on any atom is -0.508 e. The number of phenols is 2. The Morgan fingerprint density at radius 3 is 1.23 bits per heavy atom. The fraction of sp³-hybridized carbons (Fsp3) is 0.448. The van der Waals surface area contributed by atoms with E-state index in [9.17, 15) is 48.6 Å². The van der Waals surface area contributed by atoms with Crippen molar-refractivity contribution in [2.75, 3.05) is 26.2 Å². The SMILES string of the molecule is N[C@@H](Cc1ccc(O)cc1)C(=O)N[C@@H]1CCCCNC(=O)[C@@H]2CCCN2C(=O)[C@H](Cc2ccccc2)NC(=O)[C@H](NC(=O)[C@@H](N)Cc2ccc(O)cc2)CCCCNC(=O)[C@@H]2CCCN2C(=O)[C@H](Cc2ccccc2)NC1=O. The van der Waals surface area contributed by atoms with Crippen molar-refractivity contribution in [3.63, 3.8) is 0 Å². The summed E-state index contributed by atoms with van der Waals surface area (Å²) in [7, 11) is 0. The number of aromatic hydroxyl groups is 2. The number of hydrogen-bond acceptors (Lipinski definition) is 12. The van der Waals surface area contributed by atoms with E-state index in [0.29, 0.717) is 62.5 Å². The molecule has 78 heavy (non-hydrogen) atoms. The number of carbonyl (C=O) groups excluding carboxylic acids is 8. The predicted molar refractivity (Wildman–Crippen MR) is 291 cm³/mol. The highest BCUT2D eigenvalue weighted by atomic mass is 16.3. The van der Waals surface area contributed by atoms with E-state index in [4.69, 9.17) is 11.5 Å². The van der Waals surface area contributed by atoms with Gasteiger partial charge in [-0.2, -0.15) is 0 Å². The molecule has 0 aromatic heterocycles. The number of nitrogens with zero attached hydrogens (tertiary/aromatic N) is 2. The summed E-state index contributed by atoms with van der Waals surface area (Å²) in [6.07, 6.45) is 3.77. The van der Waals surface area contributed by atoms with Gasteiger partial charge < -0.3 is 63.4 Å². The third-order valence-electron chi connectivity index (χ3n) is 14.6. The lowest BCUT2D eigenvalue weighted by Crippen LogP contribution is -2.58. The van der Waals surface area contributed by atoms with E-state index in [2.05, 4.69) is 31.9 Å². The molecule has 20 heteroatoms. The van der Waals surface area contributed by atoms with E-state index in [0.717, 1.165) is 11.1 Å². The van der Waals surface area contributed by atoms with E-state index in [1.54, 1.807) is 24.3 Å². The van der Waals surface area contributed by atoms with Crippen molar-refractivity contribution in [3.8, 4) is 11.5 Å². The third-order valence-corrected chi connectivity index (χ3v) is 14.6. The quantitative estimate of drug-likeness (QED) is 0.0967. The predicted octanol–water partition coefficient (Wildman–Crippen LogP) is 1.53. The Kier molecular flexibility index (Phi) is 21.1. The van der Waals surface area contributed by atoms with Crippen LogP contribution in [0.1, 0.15) is 86.5 Å². The maximum atomic E-state index is 14.7. The van der Waals surface area contributed by atoms with Crippen molar-refractivity contribution in [1.29, 1.82) is 0 Å². The number of fused-ring (bicyclic) bond motifs is 2. The lowest BCUT2D eigenvalue weighted by molar-refractivity contribution is -0.142. The molecule has 3 fully saturated rings. The zero-order valence-electron chi connectivity index (χ0n) is 43.9. The lowest BCUT2D eigenvalue weighted by Gasteiger charge is -2.30.